The molecule has 0 aliphatic heterocycles. The number of aryl methyl sites for hydroxylation is 2. The van der Waals surface area contributed by atoms with Crippen LogP contribution < -0.4 is 10.6 Å². The highest BCUT2D eigenvalue weighted by atomic mass is 79.9. The molecule has 0 spiro atoms. The van der Waals surface area contributed by atoms with E-state index in [0.29, 0.717) is 5.69 Å². The van der Waals surface area contributed by atoms with Crippen molar-refractivity contribution >= 4 is 27.6 Å². The lowest BCUT2D eigenvalue weighted by molar-refractivity contribution is 0.248. The molecule has 3 rings (SSSR count). The third-order valence-corrected chi connectivity index (χ3v) is 4.71. The van der Waals surface area contributed by atoms with Crippen LogP contribution in [0.4, 0.5) is 10.5 Å². The highest BCUT2D eigenvalue weighted by Gasteiger charge is 2.12. The fourth-order valence-corrected chi connectivity index (χ4v) is 3.16. The van der Waals surface area contributed by atoms with Crippen molar-refractivity contribution in [3.05, 3.63) is 65.2 Å². The molecule has 26 heavy (non-hydrogen) atoms. The van der Waals surface area contributed by atoms with Crippen molar-refractivity contribution in [2.75, 3.05) is 5.32 Å². The number of rotatable bonds is 6. The molecule has 0 aliphatic carbocycles. The Morgan fingerprint density at radius 2 is 2.12 bits per heavy atom. The van der Waals surface area contributed by atoms with Crippen LogP contribution in [0.15, 0.2) is 59.5 Å². The number of halogens is 1. The van der Waals surface area contributed by atoms with Gasteiger partial charge < -0.3 is 15.2 Å². The van der Waals surface area contributed by atoms with E-state index in [1.165, 1.54) is 5.69 Å². The number of hydrogen-bond donors (Lipinski definition) is 2. The van der Waals surface area contributed by atoms with Crippen molar-refractivity contribution in [3.63, 3.8) is 0 Å². The quantitative estimate of drug-likeness (QED) is 0.635. The zero-order chi connectivity index (χ0) is 18.5. The SMILES string of the molecule is CC(CCc1cccn1C)NC(=O)Nc1cc(Br)ccc1-n1cccn1. The van der Waals surface area contributed by atoms with Crippen LogP contribution in [-0.2, 0) is 13.5 Å². The molecule has 2 amide bonds. The number of amides is 2. The molecule has 0 aliphatic rings. The Labute approximate surface area is 161 Å². The average molecular weight is 416 g/mol. The Bertz CT molecular complexity index is 872. The molecule has 2 aromatic heterocycles. The van der Waals surface area contributed by atoms with E-state index in [4.69, 9.17) is 0 Å². The standard InChI is InChI=1S/C19H22BrN5O/c1-14(6-8-16-5-3-11-24(16)2)22-19(26)23-17-13-15(20)7-9-18(17)25-12-4-10-21-25/h3-5,7,9-14H,6,8H2,1-2H3,(H2,22,23,26). The molecule has 0 radical (unpaired) electrons. The van der Waals surface area contributed by atoms with E-state index >= 15 is 0 Å². The zero-order valence-corrected chi connectivity index (χ0v) is 16.4. The molecule has 7 heteroatoms. The molecule has 136 valence electrons. The van der Waals surface area contributed by atoms with E-state index < -0.39 is 0 Å². The number of benzene rings is 1. The largest absolute Gasteiger partial charge is 0.354 e. The second kappa shape index (κ2) is 8.23. The molecule has 2 heterocycles. The van der Waals surface area contributed by atoms with Gasteiger partial charge in [0, 0.05) is 41.8 Å². The molecule has 0 bridgehead atoms. The summed E-state index contributed by atoms with van der Waals surface area (Å²) in [5, 5.41) is 10.2. The Morgan fingerprint density at radius 3 is 2.81 bits per heavy atom. The maximum Gasteiger partial charge on any atom is 0.319 e. The Morgan fingerprint density at radius 1 is 1.27 bits per heavy atom. The summed E-state index contributed by atoms with van der Waals surface area (Å²) in [6, 6.07) is 11.5. The van der Waals surface area contributed by atoms with Crippen molar-refractivity contribution in [2.24, 2.45) is 7.05 Å². The van der Waals surface area contributed by atoms with Crippen LogP contribution in [0.1, 0.15) is 19.0 Å². The second-order valence-corrected chi connectivity index (χ2v) is 7.18. The van der Waals surface area contributed by atoms with Gasteiger partial charge in [-0.3, -0.25) is 0 Å². The van der Waals surface area contributed by atoms with Crippen molar-refractivity contribution in [1.82, 2.24) is 19.7 Å². The highest BCUT2D eigenvalue weighted by Crippen LogP contribution is 2.24. The summed E-state index contributed by atoms with van der Waals surface area (Å²) in [6.45, 7) is 2.01. The maximum atomic E-state index is 12.4. The van der Waals surface area contributed by atoms with Crippen LogP contribution in [0, 0.1) is 0 Å². The molecule has 0 saturated carbocycles. The first-order valence-corrected chi connectivity index (χ1v) is 9.29. The van der Waals surface area contributed by atoms with Crippen LogP contribution in [0.2, 0.25) is 0 Å². The summed E-state index contributed by atoms with van der Waals surface area (Å²) in [6.07, 6.45) is 7.37. The molecule has 3 aromatic rings. The number of aromatic nitrogens is 3. The highest BCUT2D eigenvalue weighted by molar-refractivity contribution is 9.10. The maximum absolute atomic E-state index is 12.4. The smallest absolute Gasteiger partial charge is 0.319 e. The number of hydrogen-bond acceptors (Lipinski definition) is 2. The number of anilines is 1. The van der Waals surface area contributed by atoms with E-state index in [0.717, 1.165) is 23.0 Å². The van der Waals surface area contributed by atoms with E-state index in [1.807, 2.05) is 56.7 Å². The molecule has 6 nitrogen and oxygen atoms in total. The fourth-order valence-electron chi connectivity index (χ4n) is 2.79. The Kier molecular flexibility index (Phi) is 5.78. The fraction of sp³-hybridized carbons (Fsp3) is 0.263. The number of urea groups is 1. The molecule has 0 fully saturated rings. The first-order valence-electron chi connectivity index (χ1n) is 8.50. The third-order valence-electron chi connectivity index (χ3n) is 4.22. The topological polar surface area (TPSA) is 63.9 Å². The molecule has 1 aromatic carbocycles. The van der Waals surface area contributed by atoms with Crippen LogP contribution in [0.25, 0.3) is 5.69 Å². The minimum atomic E-state index is -0.226. The second-order valence-electron chi connectivity index (χ2n) is 6.26. The molecule has 1 atom stereocenters. The average Bonchev–Trinajstić information content (AvgIpc) is 3.25. The van der Waals surface area contributed by atoms with Crippen LogP contribution >= 0.6 is 15.9 Å². The lowest BCUT2D eigenvalue weighted by Crippen LogP contribution is -2.36. The molecular weight excluding hydrogens is 394 g/mol. The summed E-state index contributed by atoms with van der Waals surface area (Å²) in [7, 11) is 2.03. The third kappa shape index (κ3) is 4.54. The lowest BCUT2D eigenvalue weighted by atomic mass is 10.1. The zero-order valence-electron chi connectivity index (χ0n) is 14.8. The van der Waals surface area contributed by atoms with Gasteiger partial charge in [-0.1, -0.05) is 15.9 Å². The van der Waals surface area contributed by atoms with Gasteiger partial charge in [-0.15, -0.1) is 0 Å². The number of nitrogens with one attached hydrogen (secondary N) is 2. The van der Waals surface area contributed by atoms with Crippen LogP contribution in [0.5, 0.6) is 0 Å². The van der Waals surface area contributed by atoms with E-state index in [2.05, 4.69) is 42.3 Å². The predicted octanol–water partition coefficient (Wildman–Crippen LogP) is 4.12. The lowest BCUT2D eigenvalue weighted by Gasteiger charge is -2.17. The molecule has 0 saturated heterocycles. The number of nitrogens with zero attached hydrogens (tertiary/aromatic N) is 3. The van der Waals surface area contributed by atoms with Gasteiger partial charge in [0.2, 0.25) is 0 Å². The summed E-state index contributed by atoms with van der Waals surface area (Å²) in [5.41, 5.74) is 2.76. The van der Waals surface area contributed by atoms with Gasteiger partial charge in [0.15, 0.2) is 0 Å². The first-order chi connectivity index (χ1) is 12.5. The minimum Gasteiger partial charge on any atom is -0.354 e. The predicted molar refractivity (Wildman–Crippen MR) is 107 cm³/mol. The van der Waals surface area contributed by atoms with E-state index in [-0.39, 0.29) is 12.1 Å². The van der Waals surface area contributed by atoms with E-state index in [1.54, 1.807) is 10.9 Å². The van der Waals surface area contributed by atoms with Gasteiger partial charge in [0.1, 0.15) is 0 Å². The van der Waals surface area contributed by atoms with Gasteiger partial charge in [-0.2, -0.15) is 5.10 Å². The molecular formula is C19H22BrN5O. The van der Waals surface area contributed by atoms with Crippen molar-refractivity contribution in [3.8, 4) is 5.69 Å². The Hall–Kier alpha value is -2.54. The van der Waals surface area contributed by atoms with E-state index in [9.17, 15) is 4.79 Å². The summed E-state index contributed by atoms with van der Waals surface area (Å²) >= 11 is 3.45. The van der Waals surface area contributed by atoms with Gasteiger partial charge in [0.05, 0.1) is 11.4 Å². The van der Waals surface area contributed by atoms with Crippen molar-refractivity contribution in [1.29, 1.82) is 0 Å². The summed E-state index contributed by atoms with van der Waals surface area (Å²) < 4.78 is 4.71. The normalized spacial score (nSPS) is 12.0. The monoisotopic (exact) mass is 415 g/mol. The summed E-state index contributed by atoms with van der Waals surface area (Å²) in [4.78, 5) is 12.4. The summed E-state index contributed by atoms with van der Waals surface area (Å²) in [5.74, 6) is 0. The van der Waals surface area contributed by atoms with Crippen LogP contribution in [-0.4, -0.2) is 26.4 Å². The first kappa shape index (κ1) is 18.3. The van der Waals surface area contributed by atoms with Gasteiger partial charge in [0.25, 0.3) is 0 Å². The van der Waals surface area contributed by atoms with Gasteiger partial charge in [-0.25, -0.2) is 9.48 Å². The van der Waals surface area contributed by atoms with Gasteiger partial charge >= 0.3 is 6.03 Å². The molecule has 2 N–H and O–H groups in total. The molecule has 1 unspecified atom stereocenters. The number of carbonyl (C=O) groups excluding carboxylic acids is 1. The number of carbonyl (C=O) groups is 1. The van der Waals surface area contributed by atoms with Crippen LogP contribution in [0.3, 0.4) is 0 Å². The van der Waals surface area contributed by atoms with Crippen molar-refractivity contribution in [2.45, 2.75) is 25.8 Å². The van der Waals surface area contributed by atoms with Gasteiger partial charge in [-0.05, 0) is 56.2 Å². The Balaban J connectivity index is 1.61. The minimum absolute atomic E-state index is 0.0604. The van der Waals surface area contributed by atoms with Crippen molar-refractivity contribution < 1.29 is 4.79 Å².